The molecule has 1 aromatic carbocycles. The molecule has 1 N–H and O–H groups in total. The Morgan fingerprint density at radius 2 is 2.25 bits per heavy atom. The number of fused-ring (bicyclic) bond motifs is 1. The van der Waals surface area contributed by atoms with E-state index in [1.165, 1.54) is 5.56 Å². The molecule has 0 saturated heterocycles. The number of furan rings is 1. The van der Waals surface area contributed by atoms with Gasteiger partial charge in [0.25, 0.3) is 0 Å². The highest BCUT2D eigenvalue weighted by Crippen LogP contribution is 2.25. The van der Waals surface area contributed by atoms with Gasteiger partial charge in [-0.15, -0.1) is 0 Å². The summed E-state index contributed by atoms with van der Waals surface area (Å²) in [7, 11) is 0. The molecule has 2 rings (SSSR count). The highest BCUT2D eigenvalue weighted by atomic mass is 16.4. The van der Waals surface area contributed by atoms with Crippen molar-refractivity contribution in [2.75, 3.05) is 0 Å². The summed E-state index contributed by atoms with van der Waals surface area (Å²) in [6.07, 6.45) is 3.40. The molecule has 1 heterocycles. The first-order chi connectivity index (χ1) is 7.68. The van der Waals surface area contributed by atoms with Crippen molar-refractivity contribution in [1.29, 1.82) is 0 Å². The Kier molecular flexibility index (Phi) is 2.95. The number of hydrogen-bond acceptors (Lipinski definition) is 2. The Bertz CT molecular complexity index is 511. The van der Waals surface area contributed by atoms with Gasteiger partial charge in [-0.3, -0.25) is 4.79 Å². The van der Waals surface area contributed by atoms with Gasteiger partial charge in [0, 0.05) is 11.8 Å². The lowest BCUT2D eigenvalue weighted by atomic mass is 10.0. The standard InChI is InChI=1S/C13H14O3/c1-9-8-16-11-6-2-4-10(13(9)11)5-3-7-12(14)15/h2,4,6,8H,3,5,7H2,1H3,(H,14,15). The molecule has 0 radical (unpaired) electrons. The quantitative estimate of drug-likeness (QED) is 0.857. The third-order valence-corrected chi connectivity index (χ3v) is 2.71. The van der Waals surface area contributed by atoms with Crippen molar-refractivity contribution < 1.29 is 14.3 Å². The van der Waals surface area contributed by atoms with Crippen LogP contribution in [0, 0.1) is 6.92 Å². The molecule has 0 amide bonds. The van der Waals surface area contributed by atoms with E-state index in [-0.39, 0.29) is 6.42 Å². The Morgan fingerprint density at radius 1 is 1.44 bits per heavy atom. The van der Waals surface area contributed by atoms with Crippen molar-refractivity contribution in [3.63, 3.8) is 0 Å². The van der Waals surface area contributed by atoms with E-state index in [4.69, 9.17) is 9.52 Å². The summed E-state index contributed by atoms with van der Waals surface area (Å²) in [6.45, 7) is 2.01. The van der Waals surface area contributed by atoms with E-state index in [0.29, 0.717) is 6.42 Å². The fraction of sp³-hybridized carbons (Fsp3) is 0.308. The van der Waals surface area contributed by atoms with Gasteiger partial charge in [0.2, 0.25) is 0 Å². The molecular weight excluding hydrogens is 204 g/mol. The van der Waals surface area contributed by atoms with Crippen molar-refractivity contribution in [2.24, 2.45) is 0 Å². The molecule has 3 heteroatoms. The van der Waals surface area contributed by atoms with E-state index in [9.17, 15) is 4.79 Å². The minimum absolute atomic E-state index is 0.216. The average molecular weight is 218 g/mol. The number of carboxylic acid groups (broad SMARTS) is 1. The molecule has 2 aromatic rings. The summed E-state index contributed by atoms with van der Waals surface area (Å²) in [4.78, 5) is 10.5. The number of carboxylic acids is 1. The molecule has 0 bridgehead atoms. The van der Waals surface area contributed by atoms with Crippen molar-refractivity contribution in [1.82, 2.24) is 0 Å². The maximum Gasteiger partial charge on any atom is 0.303 e. The van der Waals surface area contributed by atoms with Gasteiger partial charge in [-0.2, -0.15) is 0 Å². The average Bonchev–Trinajstić information content (AvgIpc) is 2.61. The van der Waals surface area contributed by atoms with Crippen LogP contribution in [-0.4, -0.2) is 11.1 Å². The van der Waals surface area contributed by atoms with Crippen molar-refractivity contribution in [3.8, 4) is 0 Å². The van der Waals surface area contributed by atoms with Crippen molar-refractivity contribution in [3.05, 3.63) is 35.6 Å². The minimum Gasteiger partial charge on any atom is -0.481 e. The van der Waals surface area contributed by atoms with Gasteiger partial charge in [-0.1, -0.05) is 12.1 Å². The number of aryl methyl sites for hydroxylation is 2. The summed E-state index contributed by atoms with van der Waals surface area (Å²) in [6, 6.07) is 5.91. The van der Waals surface area contributed by atoms with Crippen LogP contribution in [0.15, 0.2) is 28.9 Å². The van der Waals surface area contributed by atoms with Gasteiger partial charge in [-0.25, -0.2) is 0 Å². The Morgan fingerprint density at radius 3 is 3.00 bits per heavy atom. The number of carbonyl (C=O) groups is 1. The monoisotopic (exact) mass is 218 g/mol. The predicted molar refractivity (Wildman–Crippen MR) is 61.5 cm³/mol. The first-order valence-electron chi connectivity index (χ1n) is 5.36. The highest BCUT2D eigenvalue weighted by Gasteiger charge is 2.07. The molecule has 0 aliphatic carbocycles. The fourth-order valence-corrected chi connectivity index (χ4v) is 1.97. The summed E-state index contributed by atoms with van der Waals surface area (Å²) in [5.41, 5.74) is 3.16. The Balaban J connectivity index is 2.23. The zero-order valence-corrected chi connectivity index (χ0v) is 9.19. The van der Waals surface area contributed by atoms with E-state index < -0.39 is 5.97 Å². The summed E-state index contributed by atoms with van der Waals surface area (Å²) in [5.74, 6) is -0.740. The third kappa shape index (κ3) is 2.08. The molecule has 3 nitrogen and oxygen atoms in total. The van der Waals surface area contributed by atoms with E-state index in [1.54, 1.807) is 6.26 Å². The lowest BCUT2D eigenvalue weighted by Crippen LogP contribution is -1.96. The van der Waals surface area contributed by atoms with Gasteiger partial charge >= 0.3 is 5.97 Å². The largest absolute Gasteiger partial charge is 0.481 e. The van der Waals surface area contributed by atoms with Crippen LogP contribution in [0.2, 0.25) is 0 Å². The maximum atomic E-state index is 10.5. The van der Waals surface area contributed by atoms with Gasteiger partial charge in [0.1, 0.15) is 5.58 Å². The van der Waals surface area contributed by atoms with Crippen LogP contribution in [0.25, 0.3) is 11.0 Å². The van der Waals surface area contributed by atoms with Gasteiger partial charge < -0.3 is 9.52 Å². The van der Waals surface area contributed by atoms with Gasteiger partial charge in [-0.05, 0) is 37.0 Å². The van der Waals surface area contributed by atoms with Crippen molar-refractivity contribution in [2.45, 2.75) is 26.2 Å². The molecule has 1 aromatic heterocycles. The normalized spacial score (nSPS) is 10.8. The SMILES string of the molecule is Cc1coc2cccc(CCCC(=O)O)c12. The van der Waals surface area contributed by atoms with Gasteiger partial charge in [0.15, 0.2) is 0 Å². The number of hydrogen-bond donors (Lipinski definition) is 1. The van der Waals surface area contributed by atoms with E-state index >= 15 is 0 Å². The van der Waals surface area contributed by atoms with Crippen LogP contribution >= 0.6 is 0 Å². The molecule has 0 aliphatic rings. The third-order valence-electron chi connectivity index (χ3n) is 2.71. The summed E-state index contributed by atoms with van der Waals surface area (Å²) < 4.78 is 5.40. The smallest absolute Gasteiger partial charge is 0.303 e. The predicted octanol–water partition coefficient (Wildman–Crippen LogP) is 3.15. The van der Waals surface area contributed by atoms with Crippen LogP contribution in [0.4, 0.5) is 0 Å². The lowest BCUT2D eigenvalue weighted by Gasteiger charge is -2.02. The molecular formula is C13H14O3. The highest BCUT2D eigenvalue weighted by molar-refractivity contribution is 5.84. The zero-order chi connectivity index (χ0) is 11.5. The molecule has 16 heavy (non-hydrogen) atoms. The minimum atomic E-state index is -0.740. The van der Waals surface area contributed by atoms with Crippen LogP contribution < -0.4 is 0 Å². The van der Waals surface area contributed by atoms with Crippen LogP contribution in [0.5, 0.6) is 0 Å². The van der Waals surface area contributed by atoms with Gasteiger partial charge in [0.05, 0.1) is 6.26 Å². The van der Waals surface area contributed by atoms with E-state index in [0.717, 1.165) is 23.0 Å². The first kappa shape index (κ1) is 10.7. The van der Waals surface area contributed by atoms with Crippen LogP contribution in [0.3, 0.4) is 0 Å². The Hall–Kier alpha value is -1.77. The molecule has 0 atom stereocenters. The van der Waals surface area contributed by atoms with Crippen LogP contribution in [-0.2, 0) is 11.2 Å². The van der Waals surface area contributed by atoms with Crippen molar-refractivity contribution >= 4 is 16.9 Å². The molecule has 0 aliphatic heterocycles. The summed E-state index contributed by atoms with van der Waals surface area (Å²) >= 11 is 0. The Labute approximate surface area is 93.7 Å². The number of aliphatic carboxylic acids is 1. The van der Waals surface area contributed by atoms with Crippen LogP contribution in [0.1, 0.15) is 24.0 Å². The molecule has 0 saturated carbocycles. The number of benzene rings is 1. The maximum absolute atomic E-state index is 10.5. The molecule has 0 unspecified atom stereocenters. The van der Waals surface area contributed by atoms with E-state index in [1.807, 2.05) is 25.1 Å². The number of rotatable bonds is 4. The second kappa shape index (κ2) is 4.39. The fourth-order valence-electron chi connectivity index (χ4n) is 1.97. The topological polar surface area (TPSA) is 50.4 Å². The summed E-state index contributed by atoms with van der Waals surface area (Å²) in [5, 5.41) is 9.73. The molecule has 0 fully saturated rings. The second-order valence-corrected chi connectivity index (χ2v) is 3.96. The lowest BCUT2D eigenvalue weighted by molar-refractivity contribution is -0.137. The first-order valence-corrected chi connectivity index (χ1v) is 5.36. The zero-order valence-electron chi connectivity index (χ0n) is 9.19. The molecule has 0 spiro atoms. The van der Waals surface area contributed by atoms with E-state index in [2.05, 4.69) is 0 Å². The second-order valence-electron chi connectivity index (χ2n) is 3.96. The molecule has 84 valence electrons.